The molecule has 0 N–H and O–H groups in total. The Balaban J connectivity index is 4.16. The van der Waals surface area contributed by atoms with Gasteiger partial charge in [0, 0.05) is 14.2 Å². The molecule has 92 valence electrons. The molecule has 0 rings (SSSR count). The molecular formula is C12H28NO2+. The number of methoxy groups -OCH3 is 2. The second-order valence-corrected chi connectivity index (χ2v) is 4.17. The van der Waals surface area contributed by atoms with E-state index in [4.69, 9.17) is 9.47 Å². The highest BCUT2D eigenvalue weighted by Gasteiger charge is 2.23. The molecule has 0 spiro atoms. The minimum atomic E-state index is 0.848. The lowest BCUT2D eigenvalue weighted by atomic mass is 10.2. The molecule has 0 aromatic rings. The molecule has 0 heterocycles. The van der Waals surface area contributed by atoms with Gasteiger partial charge in [-0.3, -0.25) is 0 Å². The van der Waals surface area contributed by atoms with Crippen molar-refractivity contribution in [2.45, 2.75) is 26.7 Å². The van der Waals surface area contributed by atoms with Crippen LogP contribution in [-0.4, -0.2) is 58.1 Å². The largest absolute Gasteiger partial charge is 0.379 e. The average molecular weight is 218 g/mol. The zero-order valence-corrected chi connectivity index (χ0v) is 10.9. The molecule has 0 aliphatic rings. The Morgan fingerprint density at radius 1 is 0.867 bits per heavy atom. The summed E-state index contributed by atoms with van der Waals surface area (Å²) in [5.41, 5.74) is 0. The van der Waals surface area contributed by atoms with Crippen LogP contribution in [0.3, 0.4) is 0 Å². The number of quaternary nitrogens is 1. The van der Waals surface area contributed by atoms with Gasteiger partial charge in [0.05, 0.1) is 26.3 Å². The fraction of sp³-hybridized carbons (Fsp3) is 1.00. The van der Waals surface area contributed by atoms with E-state index in [9.17, 15) is 0 Å². The molecule has 0 bridgehead atoms. The predicted molar refractivity (Wildman–Crippen MR) is 64.1 cm³/mol. The quantitative estimate of drug-likeness (QED) is 0.522. The topological polar surface area (TPSA) is 18.5 Å². The molecule has 0 aliphatic carbocycles. The molecule has 0 atom stereocenters. The molecule has 0 radical (unpaired) electrons. The lowest BCUT2D eigenvalue weighted by Crippen LogP contribution is -2.52. The zero-order valence-electron chi connectivity index (χ0n) is 10.9. The van der Waals surface area contributed by atoms with E-state index in [1.165, 1.54) is 25.9 Å². The van der Waals surface area contributed by atoms with Crippen LogP contribution in [0.4, 0.5) is 0 Å². The SMILES string of the molecule is CCCC[N+](CC)(CCOC)CCOC. The van der Waals surface area contributed by atoms with Crippen LogP contribution >= 0.6 is 0 Å². The molecule has 0 aliphatic heterocycles. The molecule has 0 saturated carbocycles. The van der Waals surface area contributed by atoms with Crippen molar-refractivity contribution in [2.24, 2.45) is 0 Å². The summed E-state index contributed by atoms with van der Waals surface area (Å²) in [4.78, 5) is 0. The Hall–Kier alpha value is -0.120. The van der Waals surface area contributed by atoms with Gasteiger partial charge in [0.15, 0.2) is 0 Å². The van der Waals surface area contributed by atoms with E-state index in [0.29, 0.717) is 0 Å². The van der Waals surface area contributed by atoms with Gasteiger partial charge in [0.1, 0.15) is 13.1 Å². The molecule has 0 unspecified atom stereocenters. The molecule has 15 heavy (non-hydrogen) atoms. The van der Waals surface area contributed by atoms with E-state index in [2.05, 4.69) is 13.8 Å². The van der Waals surface area contributed by atoms with E-state index < -0.39 is 0 Å². The first-order chi connectivity index (χ1) is 7.24. The number of hydrogen-bond donors (Lipinski definition) is 0. The third-order valence-corrected chi connectivity index (χ3v) is 3.20. The van der Waals surface area contributed by atoms with Gasteiger partial charge < -0.3 is 14.0 Å². The van der Waals surface area contributed by atoms with Crippen molar-refractivity contribution in [3.63, 3.8) is 0 Å². The Morgan fingerprint density at radius 3 is 1.73 bits per heavy atom. The van der Waals surface area contributed by atoms with Crippen LogP contribution in [0.1, 0.15) is 26.7 Å². The van der Waals surface area contributed by atoms with Crippen molar-refractivity contribution in [2.75, 3.05) is 53.6 Å². The van der Waals surface area contributed by atoms with E-state index in [1.54, 1.807) is 14.2 Å². The summed E-state index contributed by atoms with van der Waals surface area (Å²) in [5.74, 6) is 0. The second-order valence-electron chi connectivity index (χ2n) is 4.17. The summed E-state index contributed by atoms with van der Waals surface area (Å²) in [7, 11) is 3.56. The summed E-state index contributed by atoms with van der Waals surface area (Å²) in [5, 5.41) is 0. The number of unbranched alkanes of at least 4 members (excludes halogenated alkanes) is 1. The van der Waals surface area contributed by atoms with Crippen molar-refractivity contribution < 1.29 is 14.0 Å². The maximum Gasteiger partial charge on any atom is 0.102 e. The first-order valence-corrected chi connectivity index (χ1v) is 6.07. The number of nitrogens with zero attached hydrogens (tertiary/aromatic N) is 1. The minimum Gasteiger partial charge on any atom is -0.379 e. The van der Waals surface area contributed by atoms with Gasteiger partial charge in [-0.25, -0.2) is 0 Å². The maximum absolute atomic E-state index is 5.20. The van der Waals surface area contributed by atoms with Gasteiger partial charge in [0.25, 0.3) is 0 Å². The molecule has 3 nitrogen and oxygen atoms in total. The van der Waals surface area contributed by atoms with Crippen molar-refractivity contribution in [3.8, 4) is 0 Å². The molecule has 0 fully saturated rings. The molecule has 0 aromatic heterocycles. The number of rotatable bonds is 10. The lowest BCUT2D eigenvalue weighted by Gasteiger charge is -2.37. The van der Waals surface area contributed by atoms with Crippen LogP contribution < -0.4 is 0 Å². The van der Waals surface area contributed by atoms with Crippen LogP contribution in [-0.2, 0) is 9.47 Å². The Bertz CT molecular complexity index is 118. The Kier molecular flexibility index (Phi) is 9.06. The van der Waals surface area contributed by atoms with Gasteiger partial charge in [-0.2, -0.15) is 0 Å². The van der Waals surface area contributed by atoms with E-state index >= 15 is 0 Å². The second kappa shape index (κ2) is 9.13. The number of likely N-dealkylation sites (N-methyl/N-ethyl adjacent to an activating group) is 1. The zero-order chi connectivity index (χ0) is 11.6. The molecule has 0 saturated heterocycles. The van der Waals surface area contributed by atoms with E-state index in [1.807, 2.05) is 0 Å². The van der Waals surface area contributed by atoms with Crippen LogP contribution in [0.25, 0.3) is 0 Å². The predicted octanol–water partition coefficient (Wildman–Crippen LogP) is 1.92. The summed E-state index contributed by atoms with van der Waals surface area (Å²) in [6.07, 6.45) is 2.56. The van der Waals surface area contributed by atoms with Gasteiger partial charge in [-0.05, 0) is 13.3 Å². The van der Waals surface area contributed by atoms with Crippen LogP contribution in [0.2, 0.25) is 0 Å². The number of hydrogen-bond acceptors (Lipinski definition) is 2. The van der Waals surface area contributed by atoms with Crippen LogP contribution in [0, 0.1) is 0 Å². The van der Waals surface area contributed by atoms with Crippen LogP contribution in [0.5, 0.6) is 0 Å². The third-order valence-electron chi connectivity index (χ3n) is 3.20. The first kappa shape index (κ1) is 14.9. The lowest BCUT2D eigenvalue weighted by molar-refractivity contribution is -0.927. The summed E-state index contributed by atoms with van der Waals surface area (Å²) < 4.78 is 11.5. The normalized spacial score (nSPS) is 12.0. The summed E-state index contributed by atoms with van der Waals surface area (Å²) in [6, 6.07) is 0. The molecular weight excluding hydrogens is 190 g/mol. The van der Waals surface area contributed by atoms with E-state index in [-0.39, 0.29) is 0 Å². The monoisotopic (exact) mass is 218 g/mol. The molecule has 3 heteroatoms. The molecule has 0 amide bonds. The minimum absolute atomic E-state index is 0.848. The fourth-order valence-electron chi connectivity index (χ4n) is 1.87. The van der Waals surface area contributed by atoms with E-state index in [0.717, 1.165) is 30.8 Å². The smallest absolute Gasteiger partial charge is 0.102 e. The first-order valence-electron chi connectivity index (χ1n) is 6.07. The summed E-state index contributed by atoms with van der Waals surface area (Å²) >= 11 is 0. The standard InChI is InChI=1S/C12H28NO2/c1-5-7-8-13(6-2,9-11-14-3)10-12-15-4/h5-12H2,1-4H3/q+1. The maximum atomic E-state index is 5.20. The van der Waals surface area contributed by atoms with Gasteiger partial charge in [-0.15, -0.1) is 0 Å². The van der Waals surface area contributed by atoms with Gasteiger partial charge >= 0.3 is 0 Å². The summed E-state index contributed by atoms with van der Waals surface area (Å²) in [6.45, 7) is 10.8. The highest BCUT2D eigenvalue weighted by Crippen LogP contribution is 2.09. The van der Waals surface area contributed by atoms with Crippen molar-refractivity contribution in [1.82, 2.24) is 0 Å². The van der Waals surface area contributed by atoms with Crippen molar-refractivity contribution in [3.05, 3.63) is 0 Å². The third kappa shape index (κ3) is 6.13. The highest BCUT2D eigenvalue weighted by atomic mass is 16.5. The Labute approximate surface area is 95.0 Å². The Morgan fingerprint density at radius 2 is 1.40 bits per heavy atom. The fourth-order valence-corrected chi connectivity index (χ4v) is 1.87. The number of ether oxygens (including phenoxy) is 2. The van der Waals surface area contributed by atoms with Crippen molar-refractivity contribution in [1.29, 1.82) is 0 Å². The average Bonchev–Trinajstić information content (AvgIpc) is 2.29. The van der Waals surface area contributed by atoms with Crippen molar-refractivity contribution >= 4 is 0 Å². The van der Waals surface area contributed by atoms with Crippen LogP contribution in [0.15, 0.2) is 0 Å². The molecule has 0 aromatic carbocycles. The van der Waals surface area contributed by atoms with Gasteiger partial charge in [-0.1, -0.05) is 13.3 Å². The van der Waals surface area contributed by atoms with Gasteiger partial charge in [0.2, 0.25) is 0 Å². The highest BCUT2D eigenvalue weighted by molar-refractivity contribution is 4.44.